The van der Waals surface area contributed by atoms with E-state index < -0.39 is 0 Å². The van der Waals surface area contributed by atoms with Crippen LogP contribution in [0.3, 0.4) is 0 Å². The van der Waals surface area contributed by atoms with Crippen LogP contribution in [0.1, 0.15) is 5.56 Å². The van der Waals surface area contributed by atoms with Gasteiger partial charge in [-0.05, 0) is 34.5 Å². The number of hydrogen-bond acceptors (Lipinski definition) is 4. The molecule has 0 fully saturated rings. The van der Waals surface area contributed by atoms with Crippen LogP contribution in [-0.4, -0.2) is 16.7 Å². The van der Waals surface area contributed by atoms with Crippen LogP contribution in [0.5, 0.6) is 5.75 Å². The van der Waals surface area contributed by atoms with Crippen LogP contribution in [0.2, 0.25) is 0 Å². The van der Waals surface area contributed by atoms with E-state index in [0.29, 0.717) is 5.95 Å². The highest BCUT2D eigenvalue weighted by molar-refractivity contribution is 7.07. The second-order valence-electron chi connectivity index (χ2n) is 4.04. The topological polar surface area (TPSA) is 53.1 Å². The standard InChI is InChI=1S/C13H13N3OS/c1-17-10-2-3-11-12(6-10)16(13(14)15-11)7-9-4-5-18-8-9/h2-6,8H,7H2,1H3,(H2,14,15). The Morgan fingerprint density at radius 3 is 3.00 bits per heavy atom. The van der Waals surface area contributed by atoms with Gasteiger partial charge in [-0.25, -0.2) is 4.98 Å². The Kier molecular flexibility index (Phi) is 2.68. The molecule has 3 rings (SSSR count). The first-order valence-electron chi connectivity index (χ1n) is 5.59. The quantitative estimate of drug-likeness (QED) is 0.787. The molecule has 2 N–H and O–H groups in total. The molecule has 2 aromatic heterocycles. The molecule has 0 unspecified atom stereocenters. The molecule has 0 spiro atoms. The van der Waals surface area contributed by atoms with E-state index in [1.54, 1.807) is 18.4 Å². The van der Waals surface area contributed by atoms with Crippen LogP contribution >= 0.6 is 11.3 Å². The van der Waals surface area contributed by atoms with E-state index in [2.05, 4.69) is 21.8 Å². The van der Waals surface area contributed by atoms with Crippen LogP contribution in [0.25, 0.3) is 11.0 Å². The van der Waals surface area contributed by atoms with Gasteiger partial charge in [0.2, 0.25) is 5.95 Å². The number of methoxy groups -OCH3 is 1. The molecular formula is C13H13N3OS. The molecule has 0 amide bonds. The zero-order valence-corrected chi connectivity index (χ0v) is 10.8. The lowest BCUT2D eigenvalue weighted by atomic mass is 10.3. The van der Waals surface area contributed by atoms with Gasteiger partial charge in [0, 0.05) is 6.07 Å². The number of nitrogens with two attached hydrogens (primary N) is 1. The van der Waals surface area contributed by atoms with E-state index in [4.69, 9.17) is 10.5 Å². The highest BCUT2D eigenvalue weighted by Gasteiger charge is 2.09. The van der Waals surface area contributed by atoms with Crippen molar-refractivity contribution in [1.29, 1.82) is 0 Å². The number of benzene rings is 1. The maximum Gasteiger partial charge on any atom is 0.201 e. The second kappa shape index (κ2) is 4.34. The van der Waals surface area contributed by atoms with Crippen molar-refractivity contribution < 1.29 is 4.74 Å². The summed E-state index contributed by atoms with van der Waals surface area (Å²) in [7, 11) is 1.66. The lowest BCUT2D eigenvalue weighted by Gasteiger charge is -2.05. The first-order valence-corrected chi connectivity index (χ1v) is 6.53. The fourth-order valence-electron chi connectivity index (χ4n) is 1.98. The van der Waals surface area contributed by atoms with Gasteiger partial charge in [-0.15, -0.1) is 0 Å². The molecule has 4 nitrogen and oxygen atoms in total. The summed E-state index contributed by atoms with van der Waals surface area (Å²) in [5, 5.41) is 4.18. The molecule has 0 aliphatic heterocycles. The molecule has 0 saturated carbocycles. The van der Waals surface area contributed by atoms with Gasteiger partial charge >= 0.3 is 0 Å². The molecule has 2 heterocycles. The highest BCUT2D eigenvalue weighted by atomic mass is 32.1. The molecular weight excluding hydrogens is 246 g/mol. The molecule has 0 aliphatic rings. The Morgan fingerprint density at radius 2 is 2.28 bits per heavy atom. The number of thiophene rings is 1. The third-order valence-corrected chi connectivity index (χ3v) is 3.64. The predicted molar refractivity (Wildman–Crippen MR) is 74.1 cm³/mol. The Bertz CT molecular complexity index is 673. The van der Waals surface area contributed by atoms with Gasteiger partial charge < -0.3 is 15.0 Å². The van der Waals surface area contributed by atoms with E-state index in [1.165, 1.54) is 5.56 Å². The smallest absolute Gasteiger partial charge is 0.201 e. The molecule has 3 aromatic rings. The summed E-state index contributed by atoms with van der Waals surface area (Å²) in [4.78, 5) is 4.36. The molecule has 92 valence electrons. The number of ether oxygens (including phenoxy) is 1. The van der Waals surface area contributed by atoms with Crippen LogP contribution < -0.4 is 10.5 Å². The highest BCUT2D eigenvalue weighted by Crippen LogP contribution is 2.24. The van der Waals surface area contributed by atoms with Crippen molar-refractivity contribution in [2.75, 3.05) is 12.8 Å². The van der Waals surface area contributed by atoms with E-state index in [1.807, 2.05) is 22.8 Å². The molecule has 5 heteroatoms. The van der Waals surface area contributed by atoms with E-state index in [9.17, 15) is 0 Å². The van der Waals surface area contributed by atoms with Gasteiger partial charge in [-0.1, -0.05) is 0 Å². The average molecular weight is 259 g/mol. The molecule has 0 aliphatic carbocycles. The van der Waals surface area contributed by atoms with Crippen molar-refractivity contribution in [1.82, 2.24) is 9.55 Å². The summed E-state index contributed by atoms with van der Waals surface area (Å²) >= 11 is 1.68. The molecule has 0 atom stereocenters. The first-order chi connectivity index (χ1) is 8.78. The SMILES string of the molecule is COc1ccc2nc(N)n(Cc3ccsc3)c2c1. The van der Waals surface area contributed by atoms with Gasteiger partial charge in [0.1, 0.15) is 5.75 Å². The van der Waals surface area contributed by atoms with Crippen molar-refractivity contribution in [2.45, 2.75) is 6.54 Å². The fraction of sp³-hybridized carbons (Fsp3) is 0.154. The summed E-state index contributed by atoms with van der Waals surface area (Å²) in [5.41, 5.74) is 9.10. The molecule has 1 aromatic carbocycles. The van der Waals surface area contributed by atoms with Crippen molar-refractivity contribution in [3.05, 3.63) is 40.6 Å². The minimum atomic E-state index is 0.532. The molecule has 18 heavy (non-hydrogen) atoms. The van der Waals surface area contributed by atoms with Gasteiger partial charge in [-0.3, -0.25) is 0 Å². The number of aromatic nitrogens is 2. The number of nitrogens with zero attached hydrogens (tertiary/aromatic N) is 2. The monoisotopic (exact) mass is 259 g/mol. The Balaban J connectivity index is 2.11. The molecule has 0 saturated heterocycles. The van der Waals surface area contributed by atoms with E-state index in [-0.39, 0.29) is 0 Å². The third kappa shape index (κ3) is 1.82. The lowest BCUT2D eigenvalue weighted by Crippen LogP contribution is -2.03. The van der Waals surface area contributed by atoms with Gasteiger partial charge in [0.25, 0.3) is 0 Å². The largest absolute Gasteiger partial charge is 0.497 e. The third-order valence-electron chi connectivity index (χ3n) is 2.91. The van der Waals surface area contributed by atoms with Crippen LogP contribution in [0.4, 0.5) is 5.95 Å². The maximum atomic E-state index is 5.98. The number of nitrogen functional groups attached to an aromatic ring is 1. The fourth-order valence-corrected chi connectivity index (χ4v) is 2.64. The van der Waals surface area contributed by atoms with E-state index in [0.717, 1.165) is 23.3 Å². The van der Waals surface area contributed by atoms with Crippen molar-refractivity contribution in [3.63, 3.8) is 0 Å². The predicted octanol–water partition coefficient (Wildman–Crippen LogP) is 2.74. The van der Waals surface area contributed by atoms with Gasteiger partial charge in [0.05, 0.1) is 24.7 Å². The second-order valence-corrected chi connectivity index (χ2v) is 4.82. The molecule has 0 bridgehead atoms. The number of hydrogen-bond donors (Lipinski definition) is 1. The van der Waals surface area contributed by atoms with Gasteiger partial charge in [-0.2, -0.15) is 11.3 Å². The molecule has 0 radical (unpaired) electrons. The zero-order valence-electron chi connectivity index (χ0n) is 9.96. The summed E-state index contributed by atoms with van der Waals surface area (Å²) in [6, 6.07) is 7.87. The minimum absolute atomic E-state index is 0.532. The van der Waals surface area contributed by atoms with Crippen molar-refractivity contribution in [3.8, 4) is 5.75 Å². The summed E-state index contributed by atoms with van der Waals surface area (Å²) in [5.74, 6) is 1.35. The number of anilines is 1. The average Bonchev–Trinajstić information content (AvgIpc) is 2.99. The summed E-state index contributed by atoms with van der Waals surface area (Å²) in [6.07, 6.45) is 0. The minimum Gasteiger partial charge on any atom is -0.497 e. The summed E-state index contributed by atoms with van der Waals surface area (Å²) < 4.78 is 7.24. The first kappa shape index (κ1) is 11.1. The summed E-state index contributed by atoms with van der Waals surface area (Å²) in [6.45, 7) is 0.735. The maximum absolute atomic E-state index is 5.98. The zero-order chi connectivity index (χ0) is 12.5. The van der Waals surface area contributed by atoms with Crippen molar-refractivity contribution >= 4 is 28.3 Å². The Labute approximate surface area is 109 Å². The Morgan fingerprint density at radius 1 is 1.39 bits per heavy atom. The lowest BCUT2D eigenvalue weighted by molar-refractivity contribution is 0.415. The van der Waals surface area contributed by atoms with E-state index >= 15 is 0 Å². The number of fused-ring (bicyclic) bond motifs is 1. The number of rotatable bonds is 3. The number of imidazole rings is 1. The van der Waals surface area contributed by atoms with Crippen LogP contribution in [0, 0.1) is 0 Å². The van der Waals surface area contributed by atoms with Crippen LogP contribution in [-0.2, 0) is 6.54 Å². The normalized spacial score (nSPS) is 10.9. The van der Waals surface area contributed by atoms with Crippen molar-refractivity contribution in [2.24, 2.45) is 0 Å². The Hall–Kier alpha value is -2.01. The van der Waals surface area contributed by atoms with Gasteiger partial charge in [0.15, 0.2) is 0 Å². The van der Waals surface area contributed by atoms with Crippen LogP contribution in [0.15, 0.2) is 35.0 Å².